The highest BCUT2D eigenvalue weighted by atomic mass is 35.5. The smallest absolute Gasteiger partial charge is 0.106 e. The molecule has 1 heterocycles. The first-order valence-electron chi connectivity index (χ1n) is 5.70. The van der Waals surface area contributed by atoms with E-state index in [0.29, 0.717) is 16.6 Å². The highest BCUT2D eigenvalue weighted by Gasteiger charge is 2.08. The fourth-order valence-corrected chi connectivity index (χ4v) is 2.07. The molecule has 0 saturated heterocycles. The predicted molar refractivity (Wildman–Crippen MR) is 75.1 cm³/mol. The first-order valence-corrected chi connectivity index (χ1v) is 6.46. The van der Waals surface area contributed by atoms with Crippen LogP contribution < -0.4 is 5.73 Å². The molecular weight excluding hydrogens is 269 g/mol. The lowest BCUT2D eigenvalue weighted by atomic mass is 10.2. The van der Waals surface area contributed by atoms with Gasteiger partial charge in [0.05, 0.1) is 15.7 Å². The molecule has 2 aromatic rings. The van der Waals surface area contributed by atoms with Gasteiger partial charge in [-0.3, -0.25) is 0 Å². The molecule has 0 radical (unpaired) electrons. The number of benzene rings is 1. The third-order valence-electron chi connectivity index (χ3n) is 2.80. The van der Waals surface area contributed by atoms with E-state index >= 15 is 0 Å². The third-order valence-corrected chi connectivity index (χ3v) is 3.54. The Morgan fingerprint density at radius 3 is 2.61 bits per heavy atom. The summed E-state index contributed by atoms with van der Waals surface area (Å²) >= 11 is 11.9. The van der Waals surface area contributed by atoms with Crippen LogP contribution in [0.4, 0.5) is 0 Å². The minimum absolute atomic E-state index is 0.0567. The summed E-state index contributed by atoms with van der Waals surface area (Å²) in [5, 5.41) is 1.14. The Morgan fingerprint density at radius 1 is 1.33 bits per heavy atom. The van der Waals surface area contributed by atoms with Gasteiger partial charge >= 0.3 is 0 Å². The van der Waals surface area contributed by atoms with Gasteiger partial charge in [-0.15, -0.1) is 0 Å². The zero-order chi connectivity index (χ0) is 13.3. The number of hydrogen-bond donors (Lipinski definition) is 1. The molecule has 0 bridgehead atoms. The van der Waals surface area contributed by atoms with Crippen LogP contribution in [0.5, 0.6) is 0 Å². The second-order valence-corrected chi connectivity index (χ2v) is 5.19. The molecule has 0 aliphatic carbocycles. The molecule has 96 valence electrons. The van der Waals surface area contributed by atoms with Crippen molar-refractivity contribution in [1.29, 1.82) is 0 Å². The van der Waals surface area contributed by atoms with Gasteiger partial charge in [-0.1, -0.05) is 29.3 Å². The van der Waals surface area contributed by atoms with Crippen LogP contribution in [0.1, 0.15) is 30.0 Å². The van der Waals surface area contributed by atoms with Gasteiger partial charge in [0.15, 0.2) is 0 Å². The van der Waals surface area contributed by atoms with Gasteiger partial charge in [-0.2, -0.15) is 0 Å². The summed E-state index contributed by atoms with van der Waals surface area (Å²) < 4.78 is 2.05. The Hall–Kier alpha value is -1.03. The van der Waals surface area contributed by atoms with E-state index < -0.39 is 0 Å². The highest BCUT2D eigenvalue weighted by molar-refractivity contribution is 6.42. The average molecular weight is 284 g/mol. The van der Waals surface area contributed by atoms with Crippen molar-refractivity contribution in [1.82, 2.24) is 9.55 Å². The van der Waals surface area contributed by atoms with E-state index in [2.05, 4.69) is 9.55 Å². The molecule has 1 atom stereocenters. The Balaban J connectivity index is 2.25. The van der Waals surface area contributed by atoms with E-state index in [4.69, 9.17) is 28.9 Å². The van der Waals surface area contributed by atoms with Gasteiger partial charge in [0, 0.05) is 18.8 Å². The SMILES string of the molecule is Cc1nc([C@@H](C)N)cn1Cc1ccc(Cl)c(Cl)c1. The minimum Gasteiger partial charge on any atom is -0.330 e. The van der Waals surface area contributed by atoms with Crippen molar-refractivity contribution >= 4 is 23.2 Å². The molecule has 0 amide bonds. The third kappa shape index (κ3) is 2.86. The summed E-state index contributed by atoms with van der Waals surface area (Å²) in [5.41, 5.74) is 7.80. The molecule has 2 rings (SSSR count). The van der Waals surface area contributed by atoms with Gasteiger partial charge in [0.25, 0.3) is 0 Å². The number of halogens is 2. The fraction of sp³-hybridized carbons (Fsp3) is 0.308. The lowest BCUT2D eigenvalue weighted by Crippen LogP contribution is -2.05. The highest BCUT2D eigenvalue weighted by Crippen LogP contribution is 2.23. The van der Waals surface area contributed by atoms with Crippen molar-refractivity contribution in [2.45, 2.75) is 26.4 Å². The number of aryl methyl sites for hydroxylation is 1. The molecule has 0 spiro atoms. The Morgan fingerprint density at radius 2 is 2.06 bits per heavy atom. The molecule has 0 fully saturated rings. The van der Waals surface area contributed by atoms with Gasteiger partial charge in [0.2, 0.25) is 0 Å². The molecule has 3 nitrogen and oxygen atoms in total. The number of rotatable bonds is 3. The molecule has 2 N–H and O–H groups in total. The maximum absolute atomic E-state index is 6.00. The van der Waals surface area contributed by atoms with Gasteiger partial charge in [0.1, 0.15) is 5.82 Å². The molecule has 1 aromatic carbocycles. The van der Waals surface area contributed by atoms with E-state index in [0.717, 1.165) is 17.1 Å². The normalized spacial score (nSPS) is 12.7. The molecule has 0 aliphatic heterocycles. The molecule has 0 unspecified atom stereocenters. The van der Waals surface area contributed by atoms with E-state index in [9.17, 15) is 0 Å². The summed E-state index contributed by atoms with van der Waals surface area (Å²) in [5.74, 6) is 0.938. The second kappa shape index (κ2) is 5.31. The van der Waals surface area contributed by atoms with Crippen molar-refractivity contribution in [3.05, 3.63) is 51.5 Å². The van der Waals surface area contributed by atoms with E-state index in [1.807, 2.05) is 32.2 Å². The lowest BCUT2D eigenvalue weighted by Gasteiger charge is -2.06. The van der Waals surface area contributed by atoms with Crippen LogP contribution >= 0.6 is 23.2 Å². The summed E-state index contributed by atoms with van der Waals surface area (Å²) in [6, 6.07) is 5.57. The summed E-state index contributed by atoms with van der Waals surface area (Å²) in [6.07, 6.45) is 1.97. The topological polar surface area (TPSA) is 43.8 Å². The molecule has 0 aliphatic rings. The molecule has 18 heavy (non-hydrogen) atoms. The van der Waals surface area contributed by atoms with Crippen molar-refractivity contribution < 1.29 is 0 Å². The first kappa shape index (κ1) is 13.4. The monoisotopic (exact) mass is 283 g/mol. The lowest BCUT2D eigenvalue weighted by molar-refractivity contribution is 0.759. The van der Waals surface area contributed by atoms with E-state index in [1.54, 1.807) is 6.07 Å². The van der Waals surface area contributed by atoms with Crippen LogP contribution in [0, 0.1) is 6.92 Å². The Labute approximate surface area is 117 Å². The van der Waals surface area contributed by atoms with Crippen molar-refractivity contribution in [3.63, 3.8) is 0 Å². The van der Waals surface area contributed by atoms with Crippen LogP contribution in [0.3, 0.4) is 0 Å². The molecule has 1 aromatic heterocycles. The maximum atomic E-state index is 6.00. The Bertz CT molecular complexity index is 561. The fourth-order valence-electron chi connectivity index (χ4n) is 1.75. The van der Waals surface area contributed by atoms with Crippen molar-refractivity contribution in [2.24, 2.45) is 5.73 Å². The Kier molecular flexibility index (Phi) is 3.95. The summed E-state index contributed by atoms with van der Waals surface area (Å²) in [7, 11) is 0. The second-order valence-electron chi connectivity index (χ2n) is 4.38. The van der Waals surface area contributed by atoms with Crippen LogP contribution in [0.25, 0.3) is 0 Å². The summed E-state index contributed by atoms with van der Waals surface area (Å²) in [6.45, 7) is 4.59. The predicted octanol–water partition coefficient (Wildman–Crippen LogP) is 3.57. The van der Waals surface area contributed by atoms with Crippen LogP contribution in [-0.4, -0.2) is 9.55 Å². The van der Waals surface area contributed by atoms with Gasteiger partial charge in [-0.25, -0.2) is 4.98 Å². The van der Waals surface area contributed by atoms with E-state index in [1.165, 1.54) is 0 Å². The maximum Gasteiger partial charge on any atom is 0.106 e. The standard InChI is InChI=1S/C13H15Cl2N3/c1-8(16)13-7-18(9(2)17-13)6-10-3-4-11(14)12(15)5-10/h3-5,7-8H,6,16H2,1-2H3/t8-/m1/s1. The molecule has 5 heteroatoms. The number of nitrogens with two attached hydrogens (primary N) is 1. The van der Waals surface area contributed by atoms with E-state index in [-0.39, 0.29) is 6.04 Å². The number of imidazole rings is 1. The molecule has 0 saturated carbocycles. The zero-order valence-corrected chi connectivity index (χ0v) is 11.8. The van der Waals surface area contributed by atoms with Crippen LogP contribution in [0.15, 0.2) is 24.4 Å². The number of hydrogen-bond acceptors (Lipinski definition) is 2. The van der Waals surface area contributed by atoms with Crippen LogP contribution in [0.2, 0.25) is 10.0 Å². The number of nitrogens with zero attached hydrogens (tertiary/aromatic N) is 2. The molecular formula is C13H15Cl2N3. The van der Waals surface area contributed by atoms with Crippen LogP contribution in [-0.2, 0) is 6.54 Å². The number of aromatic nitrogens is 2. The van der Waals surface area contributed by atoms with Crippen molar-refractivity contribution in [2.75, 3.05) is 0 Å². The quantitative estimate of drug-likeness (QED) is 0.936. The zero-order valence-electron chi connectivity index (χ0n) is 10.3. The van der Waals surface area contributed by atoms with Gasteiger partial charge in [-0.05, 0) is 31.5 Å². The largest absolute Gasteiger partial charge is 0.330 e. The first-order chi connectivity index (χ1) is 8.47. The summed E-state index contributed by atoms with van der Waals surface area (Å²) in [4.78, 5) is 4.43. The average Bonchev–Trinajstić information content (AvgIpc) is 2.66. The van der Waals surface area contributed by atoms with Crippen molar-refractivity contribution in [3.8, 4) is 0 Å². The minimum atomic E-state index is -0.0567. The van der Waals surface area contributed by atoms with Gasteiger partial charge < -0.3 is 10.3 Å².